The number of hydrogen-bond acceptors (Lipinski definition) is 5. The summed E-state index contributed by atoms with van der Waals surface area (Å²) in [6.07, 6.45) is 5.66. The van der Waals surface area contributed by atoms with Gasteiger partial charge in [-0.2, -0.15) is 4.73 Å². The minimum atomic E-state index is -0.594. The second-order valence-electron chi connectivity index (χ2n) is 5.26. The smallest absolute Gasteiger partial charge is 0.191 e. The molecule has 0 unspecified atom stereocenters. The molecule has 116 valence electrons. The first-order chi connectivity index (χ1) is 10.1. The zero-order valence-electron chi connectivity index (χ0n) is 12.0. The van der Waals surface area contributed by atoms with E-state index in [1.165, 1.54) is 31.7 Å². The highest BCUT2D eigenvalue weighted by atomic mass is 16.6. The van der Waals surface area contributed by atoms with E-state index in [2.05, 4.69) is 10.4 Å². The molecule has 0 bridgehead atoms. The van der Waals surface area contributed by atoms with Gasteiger partial charge in [-0.05, 0) is 32.0 Å². The van der Waals surface area contributed by atoms with Gasteiger partial charge in [-0.3, -0.25) is 10.2 Å². The minimum absolute atomic E-state index is 0.00891. The Labute approximate surface area is 124 Å². The summed E-state index contributed by atoms with van der Waals surface area (Å²) in [7, 11) is 0. The van der Waals surface area contributed by atoms with Crippen molar-refractivity contribution in [3.05, 3.63) is 35.3 Å². The number of hydroxylamine groups is 1. The number of aliphatic hydroxyl groups is 1. The summed E-state index contributed by atoms with van der Waals surface area (Å²) in [6.45, 7) is 2.73. The maximum Gasteiger partial charge on any atom is 0.191 e. The molecule has 21 heavy (non-hydrogen) atoms. The molecule has 1 aliphatic heterocycles. The summed E-state index contributed by atoms with van der Waals surface area (Å²) in [5.41, 5.74) is 2.88. The quantitative estimate of drug-likeness (QED) is 0.226. The lowest BCUT2D eigenvalue weighted by molar-refractivity contribution is -0.605. The van der Waals surface area contributed by atoms with Gasteiger partial charge in [0, 0.05) is 12.6 Å². The second-order valence-corrected chi connectivity index (χ2v) is 5.26. The van der Waals surface area contributed by atoms with Crippen molar-refractivity contribution in [2.75, 3.05) is 26.2 Å². The third kappa shape index (κ3) is 5.30. The third-order valence-electron chi connectivity index (χ3n) is 3.43. The van der Waals surface area contributed by atoms with Crippen LogP contribution in [0.5, 0.6) is 0 Å². The predicted octanol–water partition coefficient (Wildman–Crippen LogP) is 0.0134. The Bertz CT molecular complexity index is 463. The van der Waals surface area contributed by atoms with E-state index in [0.29, 0.717) is 16.8 Å². The zero-order chi connectivity index (χ0) is 15.1. The molecule has 1 aromatic heterocycles. The van der Waals surface area contributed by atoms with Gasteiger partial charge in [0.15, 0.2) is 18.2 Å². The van der Waals surface area contributed by atoms with E-state index in [9.17, 15) is 10.3 Å². The van der Waals surface area contributed by atoms with Crippen molar-refractivity contribution < 1.29 is 14.7 Å². The molecule has 2 heterocycles. The number of nitrogens with zero attached hydrogens (tertiary/aromatic N) is 2. The van der Waals surface area contributed by atoms with Crippen LogP contribution in [0, 0.1) is 10.6 Å². The van der Waals surface area contributed by atoms with Gasteiger partial charge in [0.25, 0.3) is 0 Å². The Balaban J connectivity index is 1.67. The molecule has 0 aromatic carbocycles. The molecule has 3 N–H and O–H groups in total. The van der Waals surface area contributed by atoms with Crippen LogP contribution in [0.3, 0.4) is 0 Å². The highest BCUT2D eigenvalue weighted by Gasteiger charge is 2.15. The number of β-amino-alcohol motifs (C(OH)–C–C–N with tert-alkyl or cyclic N) is 1. The molecule has 0 saturated carbocycles. The van der Waals surface area contributed by atoms with E-state index in [0.717, 1.165) is 13.1 Å². The SMILES string of the molecule is N=C(NOC[C@@H](O)CN1CCCCC1)c1ccc[n+]([O-])c1. The van der Waals surface area contributed by atoms with Crippen molar-refractivity contribution in [1.82, 2.24) is 10.4 Å². The lowest BCUT2D eigenvalue weighted by atomic mass is 10.1. The lowest BCUT2D eigenvalue weighted by Crippen LogP contribution is -2.39. The van der Waals surface area contributed by atoms with Gasteiger partial charge < -0.3 is 15.2 Å². The van der Waals surface area contributed by atoms with Gasteiger partial charge in [0.2, 0.25) is 0 Å². The van der Waals surface area contributed by atoms with Crippen LogP contribution in [-0.2, 0) is 4.84 Å². The van der Waals surface area contributed by atoms with Crippen molar-refractivity contribution in [2.24, 2.45) is 0 Å². The maximum absolute atomic E-state index is 11.1. The monoisotopic (exact) mass is 294 g/mol. The maximum atomic E-state index is 11.1. The van der Waals surface area contributed by atoms with Crippen molar-refractivity contribution in [1.29, 1.82) is 5.41 Å². The standard InChI is InChI=1S/C14H22N4O3/c15-14(12-5-4-8-18(20)9-12)16-21-11-13(19)10-17-6-2-1-3-7-17/h4-5,8-9,13,19H,1-3,6-7,10-11H2,(H2,15,16)/t13-/m0/s1. The fourth-order valence-corrected chi connectivity index (χ4v) is 2.36. The highest BCUT2D eigenvalue weighted by molar-refractivity contribution is 5.94. The van der Waals surface area contributed by atoms with E-state index in [4.69, 9.17) is 10.2 Å². The van der Waals surface area contributed by atoms with Gasteiger partial charge in [-0.25, -0.2) is 5.48 Å². The first kappa shape index (κ1) is 15.7. The molecule has 1 aromatic rings. The number of hydrogen-bond donors (Lipinski definition) is 3. The first-order valence-corrected chi connectivity index (χ1v) is 7.21. The molecule has 1 aliphatic rings. The molecule has 0 spiro atoms. The number of rotatable bonds is 6. The molecule has 1 atom stereocenters. The molecule has 1 saturated heterocycles. The highest BCUT2D eigenvalue weighted by Crippen LogP contribution is 2.08. The van der Waals surface area contributed by atoms with E-state index >= 15 is 0 Å². The molecule has 0 aliphatic carbocycles. The Morgan fingerprint density at radius 3 is 2.95 bits per heavy atom. The van der Waals surface area contributed by atoms with Crippen molar-refractivity contribution >= 4 is 5.84 Å². The van der Waals surface area contributed by atoms with E-state index in [1.807, 2.05) is 0 Å². The number of nitrogens with one attached hydrogen (secondary N) is 2. The molecule has 7 heteroatoms. The average Bonchev–Trinajstić information content (AvgIpc) is 2.48. The van der Waals surface area contributed by atoms with Crippen molar-refractivity contribution in [3.63, 3.8) is 0 Å². The lowest BCUT2D eigenvalue weighted by Gasteiger charge is -2.28. The molecule has 0 radical (unpaired) electrons. The van der Waals surface area contributed by atoms with Crippen LogP contribution in [0.4, 0.5) is 0 Å². The van der Waals surface area contributed by atoms with E-state index in [1.54, 1.807) is 12.1 Å². The van der Waals surface area contributed by atoms with E-state index < -0.39 is 6.10 Å². The molecule has 2 rings (SSSR count). The molecule has 7 nitrogen and oxygen atoms in total. The van der Waals surface area contributed by atoms with Crippen molar-refractivity contribution in [2.45, 2.75) is 25.4 Å². The summed E-state index contributed by atoms with van der Waals surface area (Å²) < 4.78 is 0.622. The van der Waals surface area contributed by atoms with Gasteiger partial charge >= 0.3 is 0 Å². The molecular formula is C14H22N4O3. The Kier molecular flexibility index (Phi) is 5.91. The molecular weight excluding hydrogens is 272 g/mol. The van der Waals surface area contributed by atoms with Gasteiger partial charge in [0.1, 0.15) is 6.61 Å². The Morgan fingerprint density at radius 1 is 1.48 bits per heavy atom. The number of piperidine rings is 1. The third-order valence-corrected chi connectivity index (χ3v) is 3.43. The van der Waals surface area contributed by atoms with Crippen LogP contribution in [0.25, 0.3) is 0 Å². The van der Waals surface area contributed by atoms with Gasteiger partial charge in [-0.15, -0.1) is 0 Å². The Morgan fingerprint density at radius 2 is 2.24 bits per heavy atom. The van der Waals surface area contributed by atoms with Gasteiger partial charge in [0.05, 0.1) is 11.7 Å². The number of aromatic nitrogens is 1. The topological polar surface area (TPSA) is 95.5 Å². The van der Waals surface area contributed by atoms with Crippen LogP contribution >= 0.6 is 0 Å². The zero-order valence-corrected chi connectivity index (χ0v) is 12.0. The summed E-state index contributed by atoms with van der Waals surface area (Å²) in [5, 5.41) is 28.7. The van der Waals surface area contributed by atoms with Crippen LogP contribution in [0.2, 0.25) is 0 Å². The predicted molar refractivity (Wildman–Crippen MR) is 77.6 cm³/mol. The number of pyridine rings is 1. The fourth-order valence-electron chi connectivity index (χ4n) is 2.36. The minimum Gasteiger partial charge on any atom is -0.619 e. The summed E-state index contributed by atoms with van der Waals surface area (Å²) in [4.78, 5) is 7.35. The average molecular weight is 294 g/mol. The van der Waals surface area contributed by atoms with Crippen LogP contribution in [0.15, 0.2) is 24.5 Å². The first-order valence-electron chi connectivity index (χ1n) is 7.21. The molecule has 1 fully saturated rings. The number of likely N-dealkylation sites (tertiary alicyclic amines) is 1. The largest absolute Gasteiger partial charge is 0.619 e. The second kappa shape index (κ2) is 7.92. The van der Waals surface area contributed by atoms with E-state index in [-0.39, 0.29) is 12.4 Å². The normalized spacial score (nSPS) is 17.4. The summed E-state index contributed by atoms with van der Waals surface area (Å²) in [6, 6.07) is 3.20. The van der Waals surface area contributed by atoms with Crippen molar-refractivity contribution in [3.8, 4) is 0 Å². The fraction of sp³-hybridized carbons (Fsp3) is 0.571. The molecule has 0 amide bonds. The van der Waals surface area contributed by atoms with Crippen LogP contribution < -0.4 is 10.2 Å². The van der Waals surface area contributed by atoms with Crippen LogP contribution in [0.1, 0.15) is 24.8 Å². The summed E-state index contributed by atoms with van der Waals surface area (Å²) >= 11 is 0. The van der Waals surface area contributed by atoms with Gasteiger partial charge in [-0.1, -0.05) is 6.42 Å². The number of aliphatic hydroxyl groups excluding tert-OH is 1. The van der Waals surface area contributed by atoms with Crippen LogP contribution in [-0.4, -0.2) is 48.2 Å². The summed E-state index contributed by atoms with van der Waals surface area (Å²) in [5.74, 6) is -0.00891. The number of amidine groups is 1. The Hall–Kier alpha value is -1.70.